The molecule has 6 heteroatoms. The highest BCUT2D eigenvalue weighted by Crippen LogP contribution is 2.20. The Kier molecular flexibility index (Phi) is 4.86. The van der Waals surface area contributed by atoms with Crippen molar-refractivity contribution in [2.75, 3.05) is 0 Å². The summed E-state index contributed by atoms with van der Waals surface area (Å²) in [6, 6.07) is 0. The zero-order chi connectivity index (χ0) is 14.0. The Morgan fingerprint density at radius 3 is 2.74 bits per heavy atom. The number of halogens is 1. The highest BCUT2D eigenvalue weighted by atomic mass is 79.9. The number of nitrogens with zero attached hydrogens (tertiary/aromatic N) is 2. The van der Waals surface area contributed by atoms with Crippen molar-refractivity contribution in [3.05, 3.63) is 36.7 Å². The first-order valence-electron chi connectivity index (χ1n) is 6.14. The lowest BCUT2D eigenvalue weighted by atomic mass is 10.1. The van der Waals surface area contributed by atoms with Crippen LogP contribution in [0.5, 0.6) is 0 Å². The molecule has 0 aliphatic heterocycles. The van der Waals surface area contributed by atoms with Crippen LogP contribution in [0.1, 0.15) is 36.1 Å². The molecule has 2 aromatic heterocycles. The fourth-order valence-electron chi connectivity index (χ4n) is 1.82. The minimum Gasteiger partial charge on any atom is -0.346 e. The van der Waals surface area contributed by atoms with Gasteiger partial charge in [0.25, 0.3) is 0 Å². The third-order valence-electron chi connectivity index (χ3n) is 2.58. The summed E-state index contributed by atoms with van der Waals surface area (Å²) in [4.78, 5) is 12.3. The second-order valence-corrected chi connectivity index (χ2v) is 7.06. The third kappa shape index (κ3) is 3.94. The Labute approximate surface area is 130 Å². The molecule has 0 spiro atoms. The lowest BCUT2D eigenvalue weighted by molar-refractivity contribution is 0.628. The summed E-state index contributed by atoms with van der Waals surface area (Å²) in [6.07, 6.45) is 1.66. The molecule has 0 fully saturated rings. The summed E-state index contributed by atoms with van der Waals surface area (Å²) >= 11 is 10.5. The minimum atomic E-state index is 0.569. The van der Waals surface area contributed by atoms with Crippen LogP contribution in [0.25, 0.3) is 0 Å². The molecule has 0 bridgehead atoms. The van der Waals surface area contributed by atoms with Gasteiger partial charge in [-0.2, -0.15) is 0 Å². The van der Waals surface area contributed by atoms with Crippen LogP contribution in [0.2, 0.25) is 0 Å². The molecular formula is C13H16BrN3S2. The zero-order valence-electron chi connectivity index (χ0n) is 11.2. The fourth-order valence-corrected chi connectivity index (χ4v) is 3.18. The summed E-state index contributed by atoms with van der Waals surface area (Å²) in [7, 11) is 0. The van der Waals surface area contributed by atoms with E-state index in [9.17, 15) is 0 Å². The molecule has 0 atom stereocenters. The Hall–Kier alpha value is -0.590. The number of hydrogen-bond acceptors (Lipinski definition) is 4. The molecule has 0 aliphatic rings. The van der Waals surface area contributed by atoms with Crippen LogP contribution >= 0.6 is 39.5 Å². The summed E-state index contributed by atoms with van der Waals surface area (Å²) in [5.41, 5.74) is 2.18. The van der Waals surface area contributed by atoms with Gasteiger partial charge in [0.15, 0.2) is 0 Å². The number of aromatic nitrogens is 3. The van der Waals surface area contributed by atoms with Crippen molar-refractivity contribution >= 4 is 39.5 Å². The average Bonchev–Trinajstić information content (AvgIpc) is 2.70. The molecule has 102 valence electrons. The number of H-pyrrole nitrogens is 1. The molecule has 2 heterocycles. The molecule has 2 rings (SSSR count). The zero-order valence-corrected chi connectivity index (χ0v) is 14.4. The van der Waals surface area contributed by atoms with Crippen LogP contribution < -0.4 is 0 Å². The first-order valence-corrected chi connectivity index (χ1v) is 8.22. The average molecular weight is 358 g/mol. The molecule has 0 amide bonds. The van der Waals surface area contributed by atoms with Crippen molar-refractivity contribution in [3.8, 4) is 0 Å². The van der Waals surface area contributed by atoms with Crippen LogP contribution in [-0.2, 0) is 12.8 Å². The molecule has 3 nitrogen and oxygen atoms in total. The number of aromatic amines is 1. The maximum absolute atomic E-state index is 5.31. The molecule has 19 heavy (non-hydrogen) atoms. The SMILES string of the molecule is Cc1csc(Cc2nc(=S)c(Br)c(CC(C)C)[nH]2)n1. The smallest absolute Gasteiger partial charge is 0.144 e. The van der Waals surface area contributed by atoms with E-state index in [-0.39, 0.29) is 0 Å². The van der Waals surface area contributed by atoms with Gasteiger partial charge >= 0.3 is 0 Å². The van der Waals surface area contributed by atoms with Gasteiger partial charge in [0, 0.05) is 16.8 Å². The predicted octanol–water partition coefficient (Wildman–Crippen LogP) is 4.46. The first-order chi connectivity index (χ1) is 8.95. The lowest BCUT2D eigenvalue weighted by Gasteiger charge is -2.10. The van der Waals surface area contributed by atoms with E-state index in [0.717, 1.165) is 33.1 Å². The van der Waals surface area contributed by atoms with Gasteiger partial charge in [-0.25, -0.2) is 9.97 Å². The topological polar surface area (TPSA) is 41.6 Å². The van der Waals surface area contributed by atoms with Crippen molar-refractivity contribution in [1.29, 1.82) is 0 Å². The van der Waals surface area contributed by atoms with Gasteiger partial charge in [0.05, 0.1) is 10.9 Å². The van der Waals surface area contributed by atoms with Gasteiger partial charge < -0.3 is 4.98 Å². The molecule has 0 unspecified atom stereocenters. The summed E-state index contributed by atoms with van der Waals surface area (Å²) in [5.74, 6) is 1.46. The number of rotatable bonds is 4. The van der Waals surface area contributed by atoms with E-state index in [4.69, 9.17) is 12.2 Å². The Balaban J connectivity index is 2.31. The maximum Gasteiger partial charge on any atom is 0.144 e. The molecule has 0 aromatic carbocycles. The van der Waals surface area contributed by atoms with E-state index in [1.54, 1.807) is 11.3 Å². The normalized spacial score (nSPS) is 11.2. The molecule has 0 saturated heterocycles. The predicted molar refractivity (Wildman–Crippen MR) is 85.3 cm³/mol. The van der Waals surface area contributed by atoms with E-state index in [1.165, 1.54) is 0 Å². The molecular weight excluding hydrogens is 342 g/mol. The lowest BCUT2D eigenvalue weighted by Crippen LogP contribution is -2.05. The molecule has 0 aliphatic carbocycles. The van der Waals surface area contributed by atoms with Crippen molar-refractivity contribution < 1.29 is 0 Å². The maximum atomic E-state index is 5.31. The summed E-state index contributed by atoms with van der Waals surface area (Å²) < 4.78 is 1.54. The number of hydrogen-bond donors (Lipinski definition) is 1. The Morgan fingerprint density at radius 1 is 1.42 bits per heavy atom. The highest BCUT2D eigenvalue weighted by Gasteiger charge is 2.10. The molecule has 2 aromatic rings. The van der Waals surface area contributed by atoms with Crippen LogP contribution in [0, 0.1) is 17.5 Å². The van der Waals surface area contributed by atoms with Crippen molar-refractivity contribution in [1.82, 2.24) is 15.0 Å². The Morgan fingerprint density at radius 2 is 2.16 bits per heavy atom. The number of thiazole rings is 1. The van der Waals surface area contributed by atoms with E-state index >= 15 is 0 Å². The monoisotopic (exact) mass is 357 g/mol. The third-order valence-corrected chi connectivity index (χ3v) is 4.96. The van der Waals surface area contributed by atoms with Gasteiger partial charge in [0.1, 0.15) is 15.5 Å². The summed E-state index contributed by atoms with van der Waals surface area (Å²) in [6.45, 7) is 6.38. The molecule has 1 N–H and O–H groups in total. The largest absolute Gasteiger partial charge is 0.346 e. The van der Waals surface area contributed by atoms with Gasteiger partial charge in [-0.3, -0.25) is 0 Å². The van der Waals surface area contributed by atoms with E-state index < -0.39 is 0 Å². The molecule has 0 saturated carbocycles. The first kappa shape index (κ1) is 14.8. The number of aryl methyl sites for hydroxylation is 1. The number of nitrogens with one attached hydrogen (secondary N) is 1. The highest BCUT2D eigenvalue weighted by molar-refractivity contribution is 9.10. The van der Waals surface area contributed by atoms with Gasteiger partial charge in [-0.05, 0) is 35.2 Å². The minimum absolute atomic E-state index is 0.569. The fraction of sp³-hybridized carbons (Fsp3) is 0.462. The van der Waals surface area contributed by atoms with Gasteiger partial charge in [0.2, 0.25) is 0 Å². The van der Waals surface area contributed by atoms with Gasteiger partial charge in [-0.15, -0.1) is 11.3 Å². The van der Waals surface area contributed by atoms with Crippen LogP contribution in [0.3, 0.4) is 0 Å². The molecule has 0 radical (unpaired) electrons. The van der Waals surface area contributed by atoms with Crippen molar-refractivity contribution in [3.63, 3.8) is 0 Å². The van der Waals surface area contributed by atoms with Crippen molar-refractivity contribution in [2.45, 2.75) is 33.6 Å². The van der Waals surface area contributed by atoms with Gasteiger partial charge in [-0.1, -0.05) is 26.1 Å². The van der Waals surface area contributed by atoms with E-state index in [0.29, 0.717) is 17.0 Å². The standard InChI is InChI=1S/C13H16BrN3S2/c1-7(2)4-9-12(14)13(18)17-10(16-9)5-11-15-8(3)6-19-11/h6-7H,4-5H2,1-3H3,(H,16,17,18). The van der Waals surface area contributed by atoms with Crippen molar-refractivity contribution in [2.24, 2.45) is 5.92 Å². The van der Waals surface area contributed by atoms with Crippen LogP contribution in [0.4, 0.5) is 0 Å². The Bertz CT molecular complexity index is 631. The van der Waals surface area contributed by atoms with Crippen LogP contribution in [-0.4, -0.2) is 15.0 Å². The van der Waals surface area contributed by atoms with E-state index in [2.05, 4.69) is 50.1 Å². The van der Waals surface area contributed by atoms with E-state index in [1.807, 2.05) is 6.92 Å². The second kappa shape index (κ2) is 6.24. The second-order valence-electron chi connectivity index (χ2n) is 4.94. The quantitative estimate of drug-likeness (QED) is 0.821. The van der Waals surface area contributed by atoms with Crippen LogP contribution in [0.15, 0.2) is 9.85 Å². The summed E-state index contributed by atoms with van der Waals surface area (Å²) in [5, 5.41) is 3.12.